The Morgan fingerprint density at radius 2 is 1.71 bits per heavy atom. The van der Waals surface area contributed by atoms with E-state index in [0.29, 0.717) is 0 Å². The third-order valence-corrected chi connectivity index (χ3v) is 2.31. The molecule has 0 unspecified atom stereocenters. The van der Waals surface area contributed by atoms with Crippen LogP contribution >= 0.6 is 0 Å². The van der Waals surface area contributed by atoms with Crippen molar-refractivity contribution in [3.8, 4) is 5.88 Å². The van der Waals surface area contributed by atoms with Gasteiger partial charge in [0, 0.05) is 12.3 Å². The average Bonchev–Trinajstić information content (AvgIpc) is 2.39. The van der Waals surface area contributed by atoms with Crippen molar-refractivity contribution in [1.82, 2.24) is 9.97 Å². The van der Waals surface area contributed by atoms with Gasteiger partial charge in [-0.2, -0.15) is 4.98 Å². The second-order valence-electron chi connectivity index (χ2n) is 4.36. The summed E-state index contributed by atoms with van der Waals surface area (Å²) in [6.45, 7) is 7.29. The Balaban J connectivity index is 3.07. The molecule has 0 aliphatic heterocycles. The summed E-state index contributed by atoms with van der Waals surface area (Å²) in [5, 5.41) is 0. The van der Waals surface area contributed by atoms with E-state index in [2.05, 4.69) is 9.97 Å². The van der Waals surface area contributed by atoms with Gasteiger partial charge in [0.25, 0.3) is 0 Å². The summed E-state index contributed by atoms with van der Waals surface area (Å²) in [6.07, 6.45) is 1.34. The minimum absolute atomic E-state index is 0.00468. The quantitative estimate of drug-likeness (QED) is 0.556. The normalized spacial score (nSPS) is 10.6. The van der Waals surface area contributed by atoms with Crippen molar-refractivity contribution in [3.63, 3.8) is 0 Å². The van der Waals surface area contributed by atoms with E-state index < -0.39 is 17.9 Å². The minimum atomic E-state index is -1.30. The Labute approximate surface area is 123 Å². The van der Waals surface area contributed by atoms with Crippen LogP contribution in [-0.2, 0) is 19.1 Å². The van der Waals surface area contributed by atoms with Gasteiger partial charge in [0.1, 0.15) is 0 Å². The highest BCUT2D eigenvalue weighted by atomic mass is 16.6. The van der Waals surface area contributed by atoms with E-state index in [4.69, 9.17) is 14.2 Å². The molecule has 0 spiro atoms. The number of carbonyl (C=O) groups is 2. The maximum absolute atomic E-state index is 11.9. The fraction of sp³-hybridized carbons (Fsp3) is 0.571. The van der Waals surface area contributed by atoms with Crippen molar-refractivity contribution in [2.45, 2.75) is 39.7 Å². The van der Waals surface area contributed by atoms with Gasteiger partial charge in [-0.1, -0.05) is 0 Å². The summed E-state index contributed by atoms with van der Waals surface area (Å²) in [6, 6.07) is 1.55. The number of nitrogens with zero attached hydrogens (tertiary/aromatic N) is 2. The molecule has 0 aliphatic rings. The third-order valence-electron chi connectivity index (χ3n) is 2.31. The summed E-state index contributed by atoms with van der Waals surface area (Å²) >= 11 is 0. The molecule has 7 heteroatoms. The zero-order chi connectivity index (χ0) is 15.8. The van der Waals surface area contributed by atoms with Crippen LogP contribution in [0.3, 0.4) is 0 Å². The van der Waals surface area contributed by atoms with Gasteiger partial charge in [-0.05, 0) is 27.7 Å². The van der Waals surface area contributed by atoms with Crippen LogP contribution in [-0.4, -0.2) is 41.2 Å². The second-order valence-corrected chi connectivity index (χ2v) is 4.36. The molecule has 0 radical (unpaired) electrons. The summed E-state index contributed by atoms with van der Waals surface area (Å²) in [4.78, 5) is 31.9. The van der Waals surface area contributed by atoms with Gasteiger partial charge in [-0.25, -0.2) is 4.98 Å². The molecule has 1 rings (SSSR count). The van der Waals surface area contributed by atoms with Gasteiger partial charge >= 0.3 is 11.9 Å². The molecule has 0 amide bonds. The van der Waals surface area contributed by atoms with Crippen molar-refractivity contribution < 1.29 is 23.8 Å². The highest BCUT2D eigenvalue weighted by Gasteiger charge is 2.34. The molecule has 0 N–H and O–H groups in total. The second kappa shape index (κ2) is 8.18. The average molecular weight is 296 g/mol. The molecule has 0 bridgehead atoms. The first kappa shape index (κ1) is 16.9. The van der Waals surface area contributed by atoms with Gasteiger partial charge < -0.3 is 14.2 Å². The van der Waals surface area contributed by atoms with E-state index >= 15 is 0 Å². The first-order valence-electron chi connectivity index (χ1n) is 6.82. The Morgan fingerprint density at radius 1 is 1.14 bits per heavy atom. The molecule has 0 fully saturated rings. The molecule has 7 nitrogen and oxygen atoms in total. The fourth-order valence-electron chi connectivity index (χ4n) is 1.56. The van der Waals surface area contributed by atoms with E-state index in [-0.39, 0.29) is 31.0 Å². The lowest BCUT2D eigenvalue weighted by molar-refractivity contribution is -0.157. The van der Waals surface area contributed by atoms with E-state index in [1.165, 1.54) is 6.20 Å². The molecule has 21 heavy (non-hydrogen) atoms. The van der Waals surface area contributed by atoms with Crippen molar-refractivity contribution in [1.29, 1.82) is 0 Å². The first-order valence-corrected chi connectivity index (χ1v) is 6.82. The highest BCUT2D eigenvalue weighted by molar-refractivity contribution is 6.00. The van der Waals surface area contributed by atoms with Crippen LogP contribution in [0.2, 0.25) is 0 Å². The van der Waals surface area contributed by atoms with Crippen LogP contribution in [0.5, 0.6) is 5.88 Å². The van der Waals surface area contributed by atoms with Crippen molar-refractivity contribution in [2.75, 3.05) is 13.2 Å². The number of aromatic nitrogens is 2. The molecular weight excluding hydrogens is 276 g/mol. The van der Waals surface area contributed by atoms with Crippen LogP contribution in [0.15, 0.2) is 12.3 Å². The van der Waals surface area contributed by atoms with Gasteiger partial charge in [-0.15, -0.1) is 0 Å². The molecule has 0 saturated heterocycles. The van der Waals surface area contributed by atoms with E-state index in [9.17, 15) is 9.59 Å². The first-order chi connectivity index (χ1) is 9.99. The molecule has 0 atom stereocenters. The number of carbonyl (C=O) groups excluding carboxylic acids is 2. The van der Waals surface area contributed by atoms with Crippen LogP contribution < -0.4 is 4.74 Å². The summed E-state index contributed by atoms with van der Waals surface area (Å²) in [5.41, 5.74) is 0. The monoisotopic (exact) mass is 296 g/mol. The fourth-order valence-corrected chi connectivity index (χ4v) is 1.56. The molecule has 1 heterocycles. The van der Waals surface area contributed by atoms with Crippen molar-refractivity contribution in [2.24, 2.45) is 0 Å². The summed E-state index contributed by atoms with van der Waals surface area (Å²) in [7, 11) is 0. The van der Waals surface area contributed by atoms with Crippen LogP contribution in [0.25, 0.3) is 0 Å². The van der Waals surface area contributed by atoms with Gasteiger partial charge in [-0.3, -0.25) is 9.59 Å². The molecule has 1 aromatic heterocycles. The zero-order valence-corrected chi connectivity index (χ0v) is 12.7. The maximum Gasteiger partial charge on any atom is 0.328 e. The Kier molecular flexibility index (Phi) is 6.58. The van der Waals surface area contributed by atoms with Crippen LogP contribution in [0.1, 0.15) is 39.4 Å². The molecule has 0 aliphatic carbocycles. The lowest BCUT2D eigenvalue weighted by Crippen LogP contribution is -2.28. The number of esters is 2. The van der Waals surface area contributed by atoms with Crippen LogP contribution in [0, 0.1) is 0 Å². The lowest BCUT2D eigenvalue weighted by atomic mass is 10.1. The van der Waals surface area contributed by atoms with Crippen molar-refractivity contribution >= 4 is 11.9 Å². The summed E-state index contributed by atoms with van der Waals surface area (Å²) in [5.74, 6) is -2.49. The Bertz CT molecular complexity index is 472. The largest absolute Gasteiger partial charge is 0.475 e. The Hall–Kier alpha value is -2.18. The van der Waals surface area contributed by atoms with E-state index in [0.717, 1.165) is 0 Å². The Morgan fingerprint density at radius 3 is 2.19 bits per heavy atom. The van der Waals surface area contributed by atoms with Gasteiger partial charge in [0.15, 0.2) is 5.82 Å². The lowest BCUT2D eigenvalue weighted by Gasteiger charge is -2.14. The smallest absolute Gasteiger partial charge is 0.328 e. The number of ether oxygens (including phenoxy) is 3. The number of hydrogen-bond donors (Lipinski definition) is 0. The standard InChI is InChI=1S/C14H20N2O5/c1-5-19-13(17)11(14(18)20-6-2)12-15-8-7-10(16-12)21-9(3)4/h7-9,11H,5-6H2,1-4H3. The number of rotatable bonds is 7. The highest BCUT2D eigenvalue weighted by Crippen LogP contribution is 2.18. The van der Waals surface area contributed by atoms with Gasteiger partial charge in [0.2, 0.25) is 11.8 Å². The molecule has 116 valence electrons. The predicted octanol–water partition coefficient (Wildman–Crippen LogP) is 1.47. The van der Waals surface area contributed by atoms with E-state index in [1.54, 1.807) is 19.9 Å². The predicted molar refractivity (Wildman–Crippen MR) is 73.8 cm³/mol. The molecule has 0 aromatic carbocycles. The molecule has 1 aromatic rings. The van der Waals surface area contributed by atoms with Crippen LogP contribution in [0.4, 0.5) is 0 Å². The minimum Gasteiger partial charge on any atom is -0.475 e. The third kappa shape index (κ3) is 5.02. The number of hydrogen-bond acceptors (Lipinski definition) is 7. The maximum atomic E-state index is 11.9. The van der Waals surface area contributed by atoms with E-state index in [1.807, 2.05) is 13.8 Å². The topological polar surface area (TPSA) is 87.6 Å². The summed E-state index contributed by atoms with van der Waals surface area (Å²) < 4.78 is 15.2. The SMILES string of the molecule is CCOC(=O)C(C(=O)OCC)c1nccc(OC(C)C)n1. The van der Waals surface area contributed by atoms with Gasteiger partial charge in [0.05, 0.1) is 19.3 Å². The molecule has 0 saturated carbocycles. The van der Waals surface area contributed by atoms with Crippen molar-refractivity contribution in [3.05, 3.63) is 18.1 Å². The zero-order valence-electron chi connectivity index (χ0n) is 12.7. The molecular formula is C14H20N2O5.